The van der Waals surface area contributed by atoms with Crippen molar-refractivity contribution in [1.82, 2.24) is 0 Å². The van der Waals surface area contributed by atoms with Crippen molar-refractivity contribution < 1.29 is 14.6 Å². The van der Waals surface area contributed by atoms with Crippen molar-refractivity contribution in [1.29, 1.82) is 0 Å². The summed E-state index contributed by atoms with van der Waals surface area (Å²) in [6, 6.07) is 4.81. The lowest BCUT2D eigenvalue weighted by molar-refractivity contribution is -0.117. The van der Waals surface area contributed by atoms with Gasteiger partial charge in [0.15, 0.2) is 0 Å². The highest BCUT2D eigenvalue weighted by Gasteiger charge is 2.15. The molecule has 0 aromatic heterocycles. The van der Waals surface area contributed by atoms with Gasteiger partial charge in [0, 0.05) is 11.6 Å². The largest absolute Gasteiger partial charge is 0.508 e. The zero-order chi connectivity index (χ0) is 10.8. The zero-order valence-electron chi connectivity index (χ0n) is 8.06. The highest BCUT2D eigenvalue weighted by molar-refractivity contribution is 5.89. The van der Waals surface area contributed by atoms with E-state index in [4.69, 9.17) is 10.5 Å². The maximum absolute atomic E-state index is 10.8. The number of aromatic hydroxyl groups is 1. The van der Waals surface area contributed by atoms with Crippen LogP contribution in [0, 0.1) is 0 Å². The van der Waals surface area contributed by atoms with E-state index in [0.717, 1.165) is 11.1 Å². The fourth-order valence-electron chi connectivity index (χ4n) is 1.59. The summed E-state index contributed by atoms with van der Waals surface area (Å²) in [6.45, 7) is 0.402. The number of fused-ring (bicyclic) bond motifs is 1. The molecule has 0 spiro atoms. The van der Waals surface area contributed by atoms with Gasteiger partial charge in [-0.25, -0.2) is 0 Å². The molecule has 0 aliphatic carbocycles. The normalized spacial score (nSPS) is 13.7. The van der Waals surface area contributed by atoms with Crippen molar-refractivity contribution in [3.63, 3.8) is 0 Å². The summed E-state index contributed by atoms with van der Waals surface area (Å²) in [7, 11) is 0. The molecule has 15 heavy (non-hydrogen) atoms. The predicted octanol–water partition coefficient (Wildman–Crippen LogP) is 1.04. The number of phenolic OH excluding ortho intramolecular Hbond substituents is 1. The van der Waals surface area contributed by atoms with Crippen LogP contribution in [0.4, 0.5) is 0 Å². The van der Waals surface area contributed by atoms with Gasteiger partial charge in [-0.05, 0) is 23.8 Å². The number of carbonyl (C=O) groups excluding carboxylic acids is 1. The Morgan fingerprint density at radius 1 is 1.53 bits per heavy atom. The third-order valence-corrected chi connectivity index (χ3v) is 2.24. The highest BCUT2D eigenvalue weighted by Crippen LogP contribution is 2.33. The van der Waals surface area contributed by atoms with E-state index < -0.39 is 0 Å². The van der Waals surface area contributed by atoms with Gasteiger partial charge in [-0.1, -0.05) is 0 Å². The predicted molar refractivity (Wildman–Crippen MR) is 55.4 cm³/mol. The van der Waals surface area contributed by atoms with E-state index >= 15 is 0 Å². The molecule has 0 saturated heterocycles. The van der Waals surface area contributed by atoms with Crippen molar-refractivity contribution in [2.45, 2.75) is 6.42 Å². The van der Waals surface area contributed by atoms with Crippen LogP contribution >= 0.6 is 0 Å². The molecule has 2 rings (SSSR count). The molecule has 3 N–H and O–H groups in total. The molecular weight excluding hydrogens is 194 g/mol. The molecular formula is C11H11NO3. The van der Waals surface area contributed by atoms with Gasteiger partial charge in [0.25, 0.3) is 0 Å². The number of nitrogens with two attached hydrogens (primary N) is 1. The van der Waals surface area contributed by atoms with Crippen molar-refractivity contribution in [2.24, 2.45) is 5.73 Å². The molecule has 0 atom stereocenters. The van der Waals surface area contributed by atoms with Crippen LogP contribution in [0.3, 0.4) is 0 Å². The number of carbonyl (C=O) groups is 1. The topological polar surface area (TPSA) is 72.6 Å². The average molecular weight is 205 g/mol. The van der Waals surface area contributed by atoms with Crippen LogP contribution in [-0.2, 0) is 4.79 Å². The molecule has 0 fully saturated rings. The highest BCUT2D eigenvalue weighted by atomic mass is 16.5. The van der Waals surface area contributed by atoms with E-state index in [-0.39, 0.29) is 18.1 Å². The minimum Gasteiger partial charge on any atom is -0.508 e. The fourth-order valence-corrected chi connectivity index (χ4v) is 1.59. The van der Waals surface area contributed by atoms with Crippen LogP contribution < -0.4 is 10.5 Å². The van der Waals surface area contributed by atoms with Gasteiger partial charge in [0.2, 0.25) is 5.91 Å². The molecule has 1 aliphatic rings. The monoisotopic (exact) mass is 205 g/mol. The van der Waals surface area contributed by atoms with Gasteiger partial charge in [-0.2, -0.15) is 0 Å². The van der Waals surface area contributed by atoms with E-state index in [1.165, 1.54) is 6.07 Å². The number of rotatable bonds is 2. The lowest BCUT2D eigenvalue weighted by Gasteiger charge is -2.17. The van der Waals surface area contributed by atoms with Crippen LogP contribution in [0.2, 0.25) is 0 Å². The van der Waals surface area contributed by atoms with Gasteiger partial charge < -0.3 is 15.6 Å². The molecule has 1 aromatic rings. The Balaban J connectivity index is 2.38. The Labute approximate surface area is 87.0 Å². The Morgan fingerprint density at radius 3 is 3.07 bits per heavy atom. The van der Waals surface area contributed by atoms with Gasteiger partial charge in [-0.3, -0.25) is 4.79 Å². The summed E-state index contributed by atoms with van der Waals surface area (Å²) < 4.78 is 5.33. The molecule has 4 heteroatoms. The molecule has 4 nitrogen and oxygen atoms in total. The molecule has 1 heterocycles. The van der Waals surface area contributed by atoms with Crippen LogP contribution in [0.15, 0.2) is 24.3 Å². The van der Waals surface area contributed by atoms with Crippen LogP contribution in [-0.4, -0.2) is 17.6 Å². The van der Waals surface area contributed by atoms with Crippen LogP contribution in [0.1, 0.15) is 12.0 Å². The van der Waals surface area contributed by atoms with Crippen LogP contribution in [0.5, 0.6) is 11.5 Å². The maximum atomic E-state index is 10.8. The SMILES string of the molecule is NC(=O)CC1=CCOc2cc(O)ccc21. The lowest BCUT2D eigenvalue weighted by Crippen LogP contribution is -2.13. The molecule has 78 valence electrons. The molecule has 0 bridgehead atoms. The first-order valence-electron chi connectivity index (χ1n) is 4.60. The Morgan fingerprint density at radius 2 is 2.33 bits per heavy atom. The lowest BCUT2D eigenvalue weighted by atomic mass is 9.99. The van der Waals surface area contributed by atoms with Gasteiger partial charge >= 0.3 is 0 Å². The summed E-state index contributed by atoms with van der Waals surface area (Å²) in [5.41, 5.74) is 6.81. The van der Waals surface area contributed by atoms with Crippen molar-refractivity contribution in [3.05, 3.63) is 29.8 Å². The third-order valence-electron chi connectivity index (χ3n) is 2.24. The molecule has 1 aliphatic heterocycles. The van der Waals surface area contributed by atoms with Crippen molar-refractivity contribution in [2.75, 3.05) is 6.61 Å². The average Bonchev–Trinajstić information content (AvgIpc) is 2.16. The fraction of sp³-hybridized carbons (Fsp3) is 0.182. The summed E-state index contributed by atoms with van der Waals surface area (Å²) in [4.78, 5) is 10.8. The second-order valence-electron chi connectivity index (χ2n) is 3.36. The first-order valence-corrected chi connectivity index (χ1v) is 4.60. The first kappa shape index (κ1) is 9.58. The summed E-state index contributed by atoms with van der Waals surface area (Å²) in [5.74, 6) is 0.366. The number of hydrogen-bond acceptors (Lipinski definition) is 3. The number of amides is 1. The first-order chi connectivity index (χ1) is 7.16. The number of benzene rings is 1. The van der Waals surface area contributed by atoms with Gasteiger partial charge in [0.1, 0.15) is 18.1 Å². The Bertz CT molecular complexity index is 437. The maximum Gasteiger partial charge on any atom is 0.221 e. The molecule has 0 radical (unpaired) electrons. The number of ether oxygens (including phenoxy) is 1. The minimum atomic E-state index is -0.373. The second-order valence-corrected chi connectivity index (χ2v) is 3.36. The quantitative estimate of drug-likeness (QED) is 0.757. The Hall–Kier alpha value is -1.97. The van der Waals surface area contributed by atoms with Crippen LogP contribution in [0.25, 0.3) is 5.57 Å². The molecule has 0 saturated carbocycles. The standard InChI is InChI=1S/C11H11NO3/c12-11(14)5-7-3-4-15-10-6-8(13)1-2-9(7)10/h1-3,6,13H,4-5H2,(H2,12,14). The van der Waals surface area contributed by atoms with E-state index in [0.29, 0.717) is 12.4 Å². The van der Waals surface area contributed by atoms with Gasteiger partial charge in [-0.15, -0.1) is 0 Å². The second kappa shape index (κ2) is 3.65. The molecule has 1 amide bonds. The minimum absolute atomic E-state index is 0.147. The zero-order valence-corrected chi connectivity index (χ0v) is 8.06. The summed E-state index contributed by atoms with van der Waals surface area (Å²) in [6.07, 6.45) is 2.02. The van der Waals surface area contributed by atoms with E-state index in [1.54, 1.807) is 12.1 Å². The molecule has 1 aromatic carbocycles. The van der Waals surface area contributed by atoms with Crippen molar-refractivity contribution >= 4 is 11.5 Å². The number of phenols is 1. The van der Waals surface area contributed by atoms with E-state index in [2.05, 4.69) is 0 Å². The Kier molecular flexibility index (Phi) is 2.33. The molecule has 0 unspecified atom stereocenters. The van der Waals surface area contributed by atoms with Crippen molar-refractivity contribution in [3.8, 4) is 11.5 Å². The van der Waals surface area contributed by atoms with E-state index in [1.807, 2.05) is 6.08 Å². The summed E-state index contributed by atoms with van der Waals surface area (Å²) >= 11 is 0. The third kappa shape index (κ3) is 1.93. The number of primary amides is 1. The smallest absolute Gasteiger partial charge is 0.221 e. The number of hydrogen-bond donors (Lipinski definition) is 2. The van der Waals surface area contributed by atoms with Gasteiger partial charge in [0.05, 0.1) is 6.42 Å². The van der Waals surface area contributed by atoms with E-state index in [9.17, 15) is 9.90 Å². The summed E-state index contributed by atoms with van der Waals surface area (Å²) in [5, 5.41) is 9.27.